The van der Waals surface area contributed by atoms with Crippen molar-refractivity contribution in [3.8, 4) is 11.5 Å². The van der Waals surface area contributed by atoms with Gasteiger partial charge in [0.15, 0.2) is 5.52 Å². The molecule has 0 aliphatic carbocycles. The topological polar surface area (TPSA) is 35.5 Å². The van der Waals surface area contributed by atoms with E-state index in [2.05, 4.69) is 0 Å². The van der Waals surface area contributed by atoms with Gasteiger partial charge in [-0.1, -0.05) is 29.3 Å². The summed E-state index contributed by atoms with van der Waals surface area (Å²) in [7, 11) is -0.171. The first-order chi connectivity index (χ1) is 12.4. The van der Waals surface area contributed by atoms with E-state index in [0.29, 0.717) is 27.1 Å². The third-order valence-corrected chi connectivity index (χ3v) is 5.02. The van der Waals surface area contributed by atoms with Crippen LogP contribution in [0.4, 0.5) is 0 Å². The van der Waals surface area contributed by atoms with Crippen molar-refractivity contribution in [1.29, 1.82) is 0 Å². The number of hydrogen-bond acceptors (Lipinski definition) is 3. The summed E-state index contributed by atoms with van der Waals surface area (Å²) < 4.78 is 12.0. The normalized spacial score (nSPS) is 12.0. The van der Waals surface area contributed by atoms with E-state index in [-0.39, 0.29) is 38.6 Å². The molecule has 2 aromatic rings. The second-order valence-electron chi connectivity index (χ2n) is 8.14. The zero-order valence-corrected chi connectivity index (χ0v) is 19.0. The summed E-state index contributed by atoms with van der Waals surface area (Å²) in [5.74, 6) is 1.32. The van der Waals surface area contributed by atoms with Crippen molar-refractivity contribution in [2.75, 3.05) is 0 Å². The summed E-state index contributed by atoms with van der Waals surface area (Å²) in [5.41, 5.74) is -0.529. The molecule has 2 aromatic carbocycles. The molecule has 7 heteroatoms. The van der Waals surface area contributed by atoms with Gasteiger partial charge in [-0.2, -0.15) is 0 Å². The maximum atomic E-state index is 12.8. The molecule has 0 spiro atoms. The second-order valence-corrected chi connectivity index (χ2v) is 10.2. The molecule has 0 heterocycles. The first-order valence-corrected chi connectivity index (χ1v) is 10.4. The van der Waals surface area contributed by atoms with Crippen LogP contribution in [-0.4, -0.2) is 35.6 Å². The average molecular weight is 435 g/mol. The van der Waals surface area contributed by atoms with E-state index in [1.807, 2.05) is 59.7 Å². The summed E-state index contributed by atoms with van der Waals surface area (Å²) in [6.45, 7) is 11.8. The molecule has 0 aromatic heterocycles. The molecule has 0 amide bonds. The van der Waals surface area contributed by atoms with Gasteiger partial charge < -0.3 is 9.47 Å². The van der Waals surface area contributed by atoms with Crippen LogP contribution in [0.2, 0.25) is 10.0 Å². The summed E-state index contributed by atoms with van der Waals surface area (Å²) in [6.07, 6.45) is 0. The van der Waals surface area contributed by atoms with Gasteiger partial charge in [-0.05, 0) is 74.4 Å². The van der Waals surface area contributed by atoms with Gasteiger partial charge in [-0.25, -0.2) is 0 Å². The third kappa shape index (κ3) is 7.62. The summed E-state index contributed by atoms with van der Waals surface area (Å²) >= 11 is 12.4. The Hall–Kier alpha value is -0.683. The molecule has 0 bridgehead atoms. The molecule has 1 atom stereocenters. The zero-order valence-electron chi connectivity index (χ0n) is 16.4. The summed E-state index contributed by atoms with van der Waals surface area (Å²) in [6, 6.07) is 10.6. The van der Waals surface area contributed by atoms with Gasteiger partial charge in [0.2, 0.25) is 0 Å². The predicted molar refractivity (Wildman–Crippen MR) is 123 cm³/mol. The van der Waals surface area contributed by atoms with E-state index in [0.717, 1.165) is 5.30 Å². The molecule has 3 nitrogen and oxygen atoms in total. The maximum absolute atomic E-state index is 12.8. The average Bonchev–Trinajstić information content (AvgIpc) is 2.46. The first kappa shape index (κ1) is 25.4. The summed E-state index contributed by atoms with van der Waals surface area (Å²) in [5, 5.41) is 1.49. The molecule has 2 rings (SSSR count). The molecule has 0 radical (unpaired) electrons. The van der Waals surface area contributed by atoms with Crippen LogP contribution in [0.1, 0.15) is 51.9 Å². The van der Waals surface area contributed by atoms with Crippen LogP contribution in [0.3, 0.4) is 0 Å². The van der Waals surface area contributed by atoms with Crippen LogP contribution in [0, 0.1) is 0 Å². The van der Waals surface area contributed by atoms with Crippen molar-refractivity contribution in [3.05, 3.63) is 52.0 Å². The summed E-state index contributed by atoms with van der Waals surface area (Å²) in [4.78, 5) is 12.8. The van der Waals surface area contributed by atoms with Crippen molar-refractivity contribution in [2.24, 2.45) is 0 Å². The number of carbonyl (C=O) groups is 1. The SMILES string of the molecule is CC(C)(C)Oc1ccc(PC(=O)c2c(Cl)cccc2Cl)c(OC(C)(C)C)c1.[LiH]. The van der Waals surface area contributed by atoms with Gasteiger partial charge in [-0.3, -0.25) is 4.79 Å². The molecular weight excluding hydrogens is 409 g/mol. The third-order valence-electron chi connectivity index (χ3n) is 3.23. The van der Waals surface area contributed by atoms with E-state index in [4.69, 9.17) is 32.7 Å². The number of ether oxygens (including phenoxy) is 2. The van der Waals surface area contributed by atoms with Crippen molar-refractivity contribution < 1.29 is 14.3 Å². The van der Waals surface area contributed by atoms with Gasteiger partial charge in [0.1, 0.15) is 22.7 Å². The monoisotopic (exact) mass is 434 g/mol. The molecule has 0 aliphatic rings. The Morgan fingerprint density at radius 1 is 0.893 bits per heavy atom. The Morgan fingerprint density at radius 2 is 1.43 bits per heavy atom. The van der Waals surface area contributed by atoms with Crippen LogP contribution in [0.15, 0.2) is 36.4 Å². The second kappa shape index (κ2) is 9.88. The molecule has 28 heavy (non-hydrogen) atoms. The molecule has 148 valence electrons. The number of hydrogen-bond donors (Lipinski definition) is 0. The first-order valence-electron chi connectivity index (χ1n) is 8.63. The van der Waals surface area contributed by atoms with E-state index < -0.39 is 5.60 Å². The van der Waals surface area contributed by atoms with Crippen LogP contribution in [0.5, 0.6) is 11.5 Å². The zero-order chi connectivity index (χ0) is 20.4. The Balaban J connectivity index is 0.00000392. The van der Waals surface area contributed by atoms with Gasteiger partial charge in [0.25, 0.3) is 0 Å². The van der Waals surface area contributed by atoms with Crippen LogP contribution in [0.25, 0.3) is 0 Å². The Morgan fingerprint density at radius 3 is 1.93 bits per heavy atom. The quantitative estimate of drug-likeness (QED) is 0.437. The molecule has 1 unspecified atom stereocenters. The van der Waals surface area contributed by atoms with Crippen LogP contribution in [-0.2, 0) is 0 Å². The number of halogens is 2. The van der Waals surface area contributed by atoms with Gasteiger partial charge in [0.05, 0.1) is 15.6 Å². The van der Waals surface area contributed by atoms with E-state index in [1.54, 1.807) is 18.2 Å². The minimum absolute atomic E-state index is 0. The fourth-order valence-electron chi connectivity index (χ4n) is 2.34. The van der Waals surface area contributed by atoms with Crippen molar-refractivity contribution >= 4 is 61.5 Å². The molecule has 0 aliphatic heterocycles. The van der Waals surface area contributed by atoms with Gasteiger partial charge in [-0.15, -0.1) is 0 Å². The molecule has 0 N–H and O–H groups in total. The van der Waals surface area contributed by atoms with Crippen molar-refractivity contribution in [2.45, 2.75) is 52.7 Å². The van der Waals surface area contributed by atoms with Gasteiger partial charge >= 0.3 is 18.9 Å². The Bertz CT molecular complexity index is 822. The van der Waals surface area contributed by atoms with Gasteiger partial charge in [0, 0.05) is 11.4 Å². The minimum atomic E-state index is -0.412. The standard InChI is InChI=1S/C21H25Cl2O3P.Li.H/c1-20(2,3)25-13-10-11-17(16(12-13)26-21(4,5)6)27-19(24)18-14(22)8-7-9-15(18)23;;/h7-12,27H,1-6H3;;. The van der Waals surface area contributed by atoms with Crippen LogP contribution < -0.4 is 14.8 Å². The Labute approximate surface area is 191 Å². The molecule has 0 fully saturated rings. The fraction of sp³-hybridized carbons (Fsp3) is 0.381. The van der Waals surface area contributed by atoms with Crippen molar-refractivity contribution in [1.82, 2.24) is 0 Å². The van der Waals surface area contributed by atoms with E-state index in [1.165, 1.54) is 0 Å². The molecule has 0 saturated heterocycles. The molecular formula is C21H26Cl2LiO3P. The Kier molecular flexibility index (Phi) is 8.95. The van der Waals surface area contributed by atoms with Crippen molar-refractivity contribution in [3.63, 3.8) is 0 Å². The number of benzene rings is 2. The predicted octanol–water partition coefficient (Wildman–Crippen LogP) is 5.84. The number of rotatable bonds is 5. The van der Waals surface area contributed by atoms with E-state index in [9.17, 15) is 4.79 Å². The number of carbonyl (C=O) groups excluding carboxylic acids is 1. The molecule has 0 saturated carbocycles. The van der Waals surface area contributed by atoms with Crippen LogP contribution >= 0.6 is 31.8 Å². The van der Waals surface area contributed by atoms with E-state index >= 15 is 0 Å². The fourth-order valence-corrected chi connectivity index (χ4v) is 4.12.